The Morgan fingerprint density at radius 3 is 2.38 bits per heavy atom. The number of aryl methyl sites for hydroxylation is 1. The van der Waals surface area contributed by atoms with E-state index in [-0.39, 0.29) is 24.3 Å². The third-order valence-electron chi connectivity index (χ3n) is 6.55. The predicted molar refractivity (Wildman–Crippen MR) is 149 cm³/mol. The van der Waals surface area contributed by atoms with E-state index in [1.165, 1.54) is 17.7 Å². The van der Waals surface area contributed by atoms with Crippen molar-refractivity contribution in [3.05, 3.63) is 99.6 Å². The molecule has 0 saturated carbocycles. The molecule has 3 rings (SSSR count). The number of carbonyl (C=O) groups excluding carboxylic acids is 1. The minimum absolute atomic E-state index is 0.0498. The van der Waals surface area contributed by atoms with Crippen LogP contribution in [0, 0.1) is 23.0 Å². The fraction of sp³-hybridized carbons (Fsp3) is 0.333. The first-order valence-corrected chi connectivity index (χ1v) is 12.7. The van der Waals surface area contributed by atoms with Gasteiger partial charge in [0.05, 0.1) is 16.5 Å². The molecule has 0 heterocycles. The molecular formula is C30H35N3O4. The van der Waals surface area contributed by atoms with E-state index < -0.39 is 4.92 Å². The van der Waals surface area contributed by atoms with Crippen LogP contribution < -0.4 is 4.90 Å². The Hall–Kier alpha value is -4.00. The molecule has 3 aromatic carbocycles. The quantitative estimate of drug-likeness (QED) is 0.0861. The second kappa shape index (κ2) is 13.3. The molecule has 0 N–H and O–H groups in total. The zero-order valence-electron chi connectivity index (χ0n) is 22.0. The molecule has 0 aromatic heterocycles. The molecule has 0 saturated heterocycles. The molecule has 7 heteroatoms. The lowest BCUT2D eigenvalue weighted by molar-refractivity contribution is -0.384. The lowest BCUT2D eigenvalue weighted by Crippen LogP contribution is -2.29. The van der Waals surface area contributed by atoms with E-state index in [9.17, 15) is 14.9 Å². The first kappa shape index (κ1) is 27.6. The molecule has 194 valence electrons. The number of aliphatic imine (C=N–C) groups is 1. The van der Waals surface area contributed by atoms with Gasteiger partial charge in [-0.2, -0.15) is 0 Å². The molecule has 0 radical (unpaired) electrons. The van der Waals surface area contributed by atoms with E-state index >= 15 is 0 Å². The van der Waals surface area contributed by atoms with Crippen LogP contribution in [0.4, 0.5) is 17.1 Å². The molecule has 0 aliphatic heterocycles. The van der Waals surface area contributed by atoms with Gasteiger partial charge in [0.1, 0.15) is 0 Å². The summed E-state index contributed by atoms with van der Waals surface area (Å²) < 4.78 is 5.70. The highest BCUT2D eigenvalue weighted by atomic mass is 16.6. The summed E-state index contributed by atoms with van der Waals surface area (Å²) in [6.07, 6.45) is 3.42. The van der Waals surface area contributed by atoms with Crippen LogP contribution in [0.15, 0.2) is 77.8 Å². The number of nitrogens with zero attached hydrogens (tertiary/aromatic N) is 3. The van der Waals surface area contributed by atoms with Crippen molar-refractivity contribution < 1.29 is 14.5 Å². The number of rotatable bonds is 12. The monoisotopic (exact) mass is 501 g/mol. The number of nitro groups is 1. The number of nitro benzene ring substituents is 1. The van der Waals surface area contributed by atoms with Crippen molar-refractivity contribution in [1.82, 2.24) is 0 Å². The van der Waals surface area contributed by atoms with Gasteiger partial charge in [-0.1, -0.05) is 44.2 Å². The van der Waals surface area contributed by atoms with Gasteiger partial charge in [-0.05, 0) is 79.6 Å². The average Bonchev–Trinajstić information content (AvgIpc) is 2.92. The van der Waals surface area contributed by atoms with Gasteiger partial charge in [0.25, 0.3) is 5.69 Å². The van der Waals surface area contributed by atoms with E-state index in [1.54, 1.807) is 18.3 Å². The van der Waals surface area contributed by atoms with E-state index in [2.05, 4.69) is 24.0 Å². The summed E-state index contributed by atoms with van der Waals surface area (Å²) in [5.41, 5.74) is 4.81. The molecule has 0 spiro atoms. The van der Waals surface area contributed by atoms with Crippen LogP contribution in [0.1, 0.15) is 56.2 Å². The largest absolute Gasteiger partial charge is 0.444 e. The molecule has 0 bridgehead atoms. The van der Waals surface area contributed by atoms with E-state index in [4.69, 9.17) is 4.74 Å². The lowest BCUT2D eigenvalue weighted by atomic mass is 9.88. The van der Waals surface area contributed by atoms with Gasteiger partial charge < -0.3 is 9.64 Å². The third kappa shape index (κ3) is 7.74. The van der Waals surface area contributed by atoms with E-state index in [0.29, 0.717) is 12.5 Å². The van der Waals surface area contributed by atoms with Crippen molar-refractivity contribution >= 4 is 29.2 Å². The Bertz CT molecular complexity index is 1210. The Balaban J connectivity index is 1.59. The topological polar surface area (TPSA) is 85.0 Å². The number of non-ortho nitro benzene ring substituents is 1. The maximum atomic E-state index is 12.8. The van der Waals surface area contributed by atoms with Gasteiger partial charge in [0.15, 0.2) is 6.73 Å². The lowest BCUT2D eigenvalue weighted by Gasteiger charge is -2.25. The van der Waals surface area contributed by atoms with Gasteiger partial charge >= 0.3 is 5.97 Å². The molecule has 0 aliphatic rings. The summed E-state index contributed by atoms with van der Waals surface area (Å²) in [6, 6.07) is 22.5. The van der Waals surface area contributed by atoms with Crippen LogP contribution in [-0.4, -0.2) is 30.4 Å². The molecule has 0 aliphatic carbocycles. The van der Waals surface area contributed by atoms with Gasteiger partial charge in [-0.15, -0.1) is 0 Å². The van der Waals surface area contributed by atoms with Crippen molar-refractivity contribution in [2.75, 3.05) is 18.2 Å². The number of anilines is 1. The molecule has 37 heavy (non-hydrogen) atoms. The third-order valence-corrected chi connectivity index (χ3v) is 6.55. The van der Waals surface area contributed by atoms with Gasteiger partial charge in [-0.25, -0.2) is 0 Å². The number of hydrogen-bond acceptors (Lipinski definition) is 6. The second-order valence-electron chi connectivity index (χ2n) is 9.18. The van der Waals surface area contributed by atoms with Gasteiger partial charge in [0, 0.05) is 30.6 Å². The highest BCUT2D eigenvalue weighted by Crippen LogP contribution is 2.28. The van der Waals surface area contributed by atoms with Crippen molar-refractivity contribution in [2.24, 2.45) is 10.9 Å². The Kier molecular flexibility index (Phi) is 9.95. The van der Waals surface area contributed by atoms with Crippen LogP contribution in [0.25, 0.3) is 0 Å². The summed E-state index contributed by atoms with van der Waals surface area (Å²) in [5.74, 6) is -0.0524. The normalized spacial score (nSPS) is 12.8. The second-order valence-corrected chi connectivity index (χ2v) is 9.18. The van der Waals surface area contributed by atoms with E-state index in [0.717, 1.165) is 35.3 Å². The molecule has 7 nitrogen and oxygen atoms in total. The molecule has 2 unspecified atom stereocenters. The number of benzene rings is 3. The summed E-state index contributed by atoms with van der Waals surface area (Å²) >= 11 is 0. The summed E-state index contributed by atoms with van der Waals surface area (Å²) in [5, 5.41) is 10.8. The Morgan fingerprint density at radius 1 is 1.08 bits per heavy atom. The first-order valence-electron chi connectivity index (χ1n) is 12.7. The van der Waals surface area contributed by atoms with Crippen LogP contribution in [0.5, 0.6) is 0 Å². The number of carbonyl (C=O) groups is 1. The fourth-order valence-electron chi connectivity index (χ4n) is 4.23. The average molecular weight is 502 g/mol. The summed E-state index contributed by atoms with van der Waals surface area (Å²) in [4.78, 5) is 29.7. The zero-order valence-corrected chi connectivity index (χ0v) is 22.0. The Labute approximate surface area is 219 Å². The predicted octanol–water partition coefficient (Wildman–Crippen LogP) is 7.20. The molecule has 0 amide bonds. The van der Waals surface area contributed by atoms with Crippen molar-refractivity contribution in [3.63, 3.8) is 0 Å². The summed E-state index contributed by atoms with van der Waals surface area (Å²) in [6.45, 7) is 8.96. The first-order chi connectivity index (χ1) is 17.8. The summed E-state index contributed by atoms with van der Waals surface area (Å²) in [7, 11) is 0. The smallest absolute Gasteiger partial charge is 0.310 e. The minimum atomic E-state index is -0.423. The van der Waals surface area contributed by atoms with Crippen molar-refractivity contribution in [3.8, 4) is 0 Å². The molecule has 2 atom stereocenters. The van der Waals surface area contributed by atoms with Crippen LogP contribution in [0.3, 0.4) is 0 Å². The van der Waals surface area contributed by atoms with Crippen molar-refractivity contribution in [1.29, 1.82) is 0 Å². The fourth-order valence-corrected chi connectivity index (χ4v) is 4.23. The van der Waals surface area contributed by atoms with Gasteiger partial charge in [0.2, 0.25) is 0 Å². The van der Waals surface area contributed by atoms with Crippen LogP contribution in [-0.2, 0) is 9.53 Å². The molecular weight excluding hydrogens is 466 g/mol. The number of hydrogen-bond donors (Lipinski definition) is 0. The molecule has 3 aromatic rings. The maximum absolute atomic E-state index is 12.8. The van der Waals surface area contributed by atoms with Crippen molar-refractivity contribution in [2.45, 2.75) is 46.5 Å². The number of ether oxygens (including phenoxy) is 1. The SMILES string of the molecule is CCC(CC(C)C(=O)OCN(CC)c1ccc(N=Cc2ccc([N+](=O)[O-])cc2)c(C)c1)c1ccccc1. The maximum Gasteiger partial charge on any atom is 0.310 e. The highest BCUT2D eigenvalue weighted by Gasteiger charge is 2.21. The Morgan fingerprint density at radius 2 is 1.78 bits per heavy atom. The zero-order chi connectivity index (χ0) is 26.8. The van der Waals surface area contributed by atoms with Gasteiger partial charge in [-0.3, -0.25) is 19.9 Å². The minimum Gasteiger partial charge on any atom is -0.444 e. The van der Waals surface area contributed by atoms with Crippen LogP contribution in [0.2, 0.25) is 0 Å². The van der Waals surface area contributed by atoms with Crippen LogP contribution >= 0.6 is 0 Å². The highest BCUT2D eigenvalue weighted by molar-refractivity contribution is 5.83. The van der Waals surface area contributed by atoms with E-state index in [1.807, 2.05) is 62.1 Å². The standard InChI is InChI=1S/C30H35N3O4/c1-5-25(26-10-8-7-9-11-26)18-23(4)30(34)37-21-32(6-2)28-16-17-29(22(3)19-28)31-20-24-12-14-27(15-13-24)33(35)36/h7-17,19-20,23,25H,5-6,18,21H2,1-4H3. The number of esters is 1. The molecule has 0 fully saturated rings.